The molecule has 4 N–H and O–H groups in total. The molecule has 0 aromatic heterocycles. The highest BCUT2D eigenvalue weighted by atomic mass is 35.5. The number of rotatable bonds is 6. The van der Waals surface area contributed by atoms with Gasteiger partial charge < -0.3 is 11.5 Å². The van der Waals surface area contributed by atoms with Crippen molar-refractivity contribution in [3.05, 3.63) is 64.7 Å². The molecular weight excluding hydrogens is 443 g/mol. The van der Waals surface area contributed by atoms with Crippen LogP contribution in [0.15, 0.2) is 53.4 Å². The van der Waals surface area contributed by atoms with Crippen LogP contribution in [0.4, 0.5) is 0 Å². The van der Waals surface area contributed by atoms with Crippen LogP contribution in [0.5, 0.6) is 0 Å². The van der Waals surface area contributed by atoms with E-state index in [-0.39, 0.29) is 28.6 Å². The van der Waals surface area contributed by atoms with Gasteiger partial charge in [0.15, 0.2) is 9.84 Å². The first-order chi connectivity index (χ1) is 13.7. The summed E-state index contributed by atoms with van der Waals surface area (Å²) in [6, 6.07) is 14.4. The molecule has 0 aliphatic heterocycles. The van der Waals surface area contributed by atoms with E-state index in [1.807, 2.05) is 18.2 Å². The lowest BCUT2D eigenvalue weighted by Crippen LogP contribution is -2.41. The molecule has 1 aliphatic carbocycles. The number of sulfone groups is 1. The molecule has 1 unspecified atom stereocenters. The van der Waals surface area contributed by atoms with Crippen LogP contribution in [0.3, 0.4) is 0 Å². The van der Waals surface area contributed by atoms with Crippen molar-refractivity contribution >= 4 is 39.8 Å². The fourth-order valence-electron chi connectivity index (χ4n) is 4.56. The molecule has 1 saturated carbocycles. The maximum Gasteiger partial charge on any atom is 0.225 e. The van der Waals surface area contributed by atoms with Gasteiger partial charge in [-0.05, 0) is 67.0 Å². The van der Waals surface area contributed by atoms with Crippen molar-refractivity contribution in [3.63, 3.8) is 0 Å². The summed E-state index contributed by atoms with van der Waals surface area (Å²) in [4.78, 5) is 12.5. The number of amides is 1. The van der Waals surface area contributed by atoms with E-state index in [0.29, 0.717) is 17.1 Å². The molecule has 1 fully saturated rings. The van der Waals surface area contributed by atoms with Crippen LogP contribution in [0.25, 0.3) is 0 Å². The molecule has 164 valence electrons. The lowest BCUT2D eigenvalue weighted by molar-refractivity contribution is -0.121. The molecule has 30 heavy (non-hydrogen) atoms. The fraction of sp³-hybridized carbons (Fsp3) is 0.409. The zero-order valence-corrected chi connectivity index (χ0v) is 19.3. The van der Waals surface area contributed by atoms with E-state index in [4.69, 9.17) is 23.1 Å². The molecule has 0 spiro atoms. The monoisotopic (exact) mass is 470 g/mol. The molecule has 5 nitrogen and oxygen atoms in total. The Hall–Kier alpha value is -1.60. The predicted molar refractivity (Wildman–Crippen MR) is 123 cm³/mol. The number of carbonyl (C=O) groups is 1. The maximum absolute atomic E-state index is 12.3. The Balaban J connectivity index is 0.00000320. The van der Waals surface area contributed by atoms with E-state index >= 15 is 0 Å². The fourth-order valence-corrected chi connectivity index (χ4v) is 5.43. The Labute approximate surface area is 189 Å². The Morgan fingerprint density at radius 3 is 2.33 bits per heavy atom. The predicted octanol–water partition coefficient (Wildman–Crippen LogP) is 3.82. The van der Waals surface area contributed by atoms with Crippen molar-refractivity contribution in [2.45, 2.75) is 41.9 Å². The Kier molecular flexibility index (Phi) is 7.97. The molecule has 3 rings (SSSR count). The van der Waals surface area contributed by atoms with Gasteiger partial charge in [0.05, 0.1) is 10.8 Å². The van der Waals surface area contributed by atoms with Gasteiger partial charge in [-0.25, -0.2) is 8.42 Å². The lowest BCUT2D eigenvalue weighted by atomic mass is 9.63. The van der Waals surface area contributed by atoms with Gasteiger partial charge in [0.25, 0.3) is 0 Å². The van der Waals surface area contributed by atoms with Gasteiger partial charge in [0.2, 0.25) is 5.91 Å². The highest BCUT2D eigenvalue weighted by molar-refractivity contribution is 7.90. The van der Waals surface area contributed by atoms with Crippen molar-refractivity contribution < 1.29 is 13.2 Å². The van der Waals surface area contributed by atoms with Crippen LogP contribution in [-0.2, 0) is 20.0 Å². The molecule has 1 aliphatic rings. The van der Waals surface area contributed by atoms with Gasteiger partial charge >= 0.3 is 0 Å². The zero-order chi connectivity index (χ0) is 21.2. The third-order valence-electron chi connectivity index (χ3n) is 6.24. The quantitative estimate of drug-likeness (QED) is 0.669. The zero-order valence-electron chi connectivity index (χ0n) is 16.9. The molecular formula is C22H28Cl2N2O3S. The normalized spacial score (nSPS) is 22.7. The first-order valence-electron chi connectivity index (χ1n) is 9.72. The lowest BCUT2D eigenvalue weighted by Gasteiger charge is -2.42. The van der Waals surface area contributed by atoms with Crippen LogP contribution in [-0.4, -0.2) is 27.1 Å². The number of primary amides is 1. The van der Waals surface area contributed by atoms with Gasteiger partial charge in [-0.1, -0.05) is 35.9 Å². The summed E-state index contributed by atoms with van der Waals surface area (Å²) in [6.45, 7) is 0.505. The average molecular weight is 471 g/mol. The van der Waals surface area contributed by atoms with Gasteiger partial charge in [-0.2, -0.15) is 0 Å². The first kappa shape index (κ1) is 24.7. The van der Waals surface area contributed by atoms with Gasteiger partial charge in [0, 0.05) is 23.2 Å². The number of hydrogen-bond acceptors (Lipinski definition) is 4. The molecule has 2 aromatic rings. The standard InChI is InChI=1S/C22H27ClN2O3S.ClH/c1-29(27,28)19-7-2-4-16(12-19)20(21(25)26)15-8-10-22(14-24,11-9-15)17-5-3-6-18(23)13-17;/h2-7,12-13,15,20H,8-11,14,24H2,1H3,(H2,25,26);1H. The third-order valence-corrected chi connectivity index (χ3v) is 7.58. The van der Waals surface area contributed by atoms with Crippen molar-refractivity contribution in [2.24, 2.45) is 17.4 Å². The first-order valence-corrected chi connectivity index (χ1v) is 12.0. The minimum Gasteiger partial charge on any atom is -0.369 e. The van der Waals surface area contributed by atoms with Crippen LogP contribution in [0, 0.1) is 5.92 Å². The van der Waals surface area contributed by atoms with Crippen LogP contribution >= 0.6 is 24.0 Å². The smallest absolute Gasteiger partial charge is 0.225 e. The summed E-state index contributed by atoms with van der Waals surface area (Å²) in [6.07, 6.45) is 4.36. The minimum atomic E-state index is -3.36. The van der Waals surface area contributed by atoms with Crippen LogP contribution in [0.2, 0.25) is 5.02 Å². The van der Waals surface area contributed by atoms with E-state index in [0.717, 1.165) is 37.5 Å². The average Bonchev–Trinajstić information content (AvgIpc) is 2.68. The molecule has 2 aromatic carbocycles. The van der Waals surface area contributed by atoms with E-state index in [1.54, 1.807) is 18.2 Å². The Morgan fingerprint density at radius 1 is 1.17 bits per heavy atom. The van der Waals surface area contributed by atoms with Gasteiger partial charge in [-0.3, -0.25) is 4.79 Å². The maximum atomic E-state index is 12.3. The van der Waals surface area contributed by atoms with E-state index < -0.39 is 21.7 Å². The number of benzene rings is 2. The molecule has 0 saturated heterocycles. The number of nitrogens with two attached hydrogens (primary N) is 2. The Bertz CT molecular complexity index is 1000. The van der Waals surface area contributed by atoms with Crippen LogP contribution in [0.1, 0.15) is 42.7 Å². The summed E-state index contributed by atoms with van der Waals surface area (Å²) in [5.74, 6) is -0.906. The molecule has 8 heteroatoms. The highest BCUT2D eigenvalue weighted by Gasteiger charge is 2.40. The van der Waals surface area contributed by atoms with Crippen molar-refractivity contribution in [2.75, 3.05) is 12.8 Å². The third kappa shape index (κ3) is 5.17. The van der Waals surface area contributed by atoms with E-state index in [9.17, 15) is 13.2 Å². The van der Waals surface area contributed by atoms with Crippen molar-refractivity contribution in [1.29, 1.82) is 0 Å². The molecule has 0 bridgehead atoms. The number of halogens is 2. The van der Waals surface area contributed by atoms with Crippen molar-refractivity contribution in [3.8, 4) is 0 Å². The van der Waals surface area contributed by atoms with Gasteiger partial charge in [0.1, 0.15) is 0 Å². The van der Waals surface area contributed by atoms with E-state index in [1.165, 1.54) is 6.07 Å². The second kappa shape index (κ2) is 9.69. The highest BCUT2D eigenvalue weighted by Crippen LogP contribution is 2.45. The second-order valence-corrected chi connectivity index (χ2v) is 10.5. The second-order valence-electron chi connectivity index (χ2n) is 8.06. The Morgan fingerprint density at radius 2 is 1.80 bits per heavy atom. The molecule has 1 atom stereocenters. The largest absolute Gasteiger partial charge is 0.369 e. The molecule has 0 heterocycles. The summed E-state index contributed by atoms with van der Waals surface area (Å²) < 4.78 is 23.8. The topological polar surface area (TPSA) is 103 Å². The van der Waals surface area contributed by atoms with Crippen molar-refractivity contribution in [1.82, 2.24) is 0 Å². The summed E-state index contributed by atoms with van der Waals surface area (Å²) in [5, 5.41) is 0.685. The molecule has 0 radical (unpaired) electrons. The minimum absolute atomic E-state index is 0. The summed E-state index contributed by atoms with van der Waals surface area (Å²) in [7, 11) is -3.36. The number of hydrogen-bond donors (Lipinski definition) is 2. The summed E-state index contributed by atoms with van der Waals surface area (Å²) in [5.41, 5.74) is 13.6. The van der Waals surface area contributed by atoms with Gasteiger partial charge in [-0.15, -0.1) is 12.4 Å². The summed E-state index contributed by atoms with van der Waals surface area (Å²) >= 11 is 6.18. The molecule has 1 amide bonds. The number of carbonyl (C=O) groups excluding carboxylic acids is 1. The van der Waals surface area contributed by atoms with Crippen LogP contribution < -0.4 is 11.5 Å². The van der Waals surface area contributed by atoms with E-state index in [2.05, 4.69) is 6.07 Å². The SMILES string of the molecule is CS(=O)(=O)c1cccc(C(C(N)=O)C2CCC(CN)(c3cccc(Cl)c3)CC2)c1.Cl.